The van der Waals surface area contributed by atoms with E-state index < -0.39 is 36.7 Å². The first-order valence-corrected chi connectivity index (χ1v) is 6.77. The van der Waals surface area contributed by atoms with E-state index in [4.69, 9.17) is 28.4 Å². The zero-order chi connectivity index (χ0) is 15.9. The number of fused-ring (bicyclic) bond motifs is 1. The fourth-order valence-corrected chi connectivity index (χ4v) is 2.20. The fourth-order valence-electron chi connectivity index (χ4n) is 2.20. The molecule has 2 saturated heterocycles. The summed E-state index contributed by atoms with van der Waals surface area (Å²) >= 11 is 0. The molecule has 0 radical (unpaired) electrons. The topological polar surface area (TPSA) is 89.5 Å². The molecule has 0 saturated carbocycles. The van der Waals surface area contributed by atoms with Gasteiger partial charge in [-0.3, -0.25) is 0 Å². The largest absolute Gasteiger partial charge is 0.509 e. The molecule has 0 aliphatic carbocycles. The highest BCUT2D eigenvalue weighted by Gasteiger charge is 2.51. The average Bonchev–Trinajstić information content (AvgIpc) is 3.07. The highest BCUT2D eigenvalue weighted by atomic mass is 16.8. The Bertz CT molecular complexity index is 395. The highest BCUT2D eigenvalue weighted by molar-refractivity contribution is 5.61. The van der Waals surface area contributed by atoms with Crippen molar-refractivity contribution in [2.24, 2.45) is 0 Å². The van der Waals surface area contributed by atoms with Crippen LogP contribution in [0, 0.1) is 0 Å². The van der Waals surface area contributed by atoms with Gasteiger partial charge in [-0.1, -0.05) is 25.3 Å². The van der Waals surface area contributed by atoms with Crippen LogP contribution in [-0.4, -0.2) is 63.2 Å². The molecule has 8 heteroatoms. The van der Waals surface area contributed by atoms with Gasteiger partial charge in [0.2, 0.25) is 0 Å². The first-order valence-electron chi connectivity index (χ1n) is 6.77. The van der Waals surface area contributed by atoms with Crippen molar-refractivity contribution in [3.63, 3.8) is 0 Å². The van der Waals surface area contributed by atoms with Crippen LogP contribution >= 0.6 is 0 Å². The van der Waals surface area contributed by atoms with Crippen molar-refractivity contribution in [3.8, 4) is 0 Å². The van der Waals surface area contributed by atoms with Gasteiger partial charge in [-0.25, -0.2) is 9.59 Å². The SMILES string of the molecule is C=CCOC(=O)O[C@H]1CO[C@H]2[C@@H]1OC[C@@H]2OC(=O)OCC=C. The van der Waals surface area contributed by atoms with Crippen molar-refractivity contribution in [2.75, 3.05) is 26.4 Å². The molecule has 22 heavy (non-hydrogen) atoms. The summed E-state index contributed by atoms with van der Waals surface area (Å²) in [7, 11) is 0. The van der Waals surface area contributed by atoms with Crippen molar-refractivity contribution >= 4 is 12.3 Å². The molecule has 0 unspecified atom stereocenters. The maximum atomic E-state index is 11.4. The Hall–Kier alpha value is -2.06. The molecule has 2 aliphatic rings. The molecule has 0 aromatic heterocycles. The van der Waals surface area contributed by atoms with E-state index in [1.54, 1.807) is 0 Å². The summed E-state index contributed by atoms with van der Waals surface area (Å²) in [6.07, 6.45) is -1.03. The minimum Gasteiger partial charge on any atom is -0.430 e. The Morgan fingerprint density at radius 2 is 1.32 bits per heavy atom. The summed E-state index contributed by atoms with van der Waals surface area (Å²) in [5, 5.41) is 0. The van der Waals surface area contributed by atoms with E-state index in [2.05, 4.69) is 13.2 Å². The van der Waals surface area contributed by atoms with Crippen LogP contribution in [0.25, 0.3) is 0 Å². The minimum atomic E-state index is -0.826. The number of rotatable bonds is 6. The number of carbonyl (C=O) groups excluding carboxylic acids is 2. The molecule has 2 aliphatic heterocycles. The number of carbonyl (C=O) groups is 2. The van der Waals surface area contributed by atoms with Gasteiger partial charge in [0, 0.05) is 0 Å². The van der Waals surface area contributed by atoms with E-state index in [0.29, 0.717) is 0 Å². The summed E-state index contributed by atoms with van der Waals surface area (Å²) in [6, 6.07) is 0. The Morgan fingerprint density at radius 3 is 1.68 bits per heavy atom. The molecular weight excluding hydrogens is 296 g/mol. The van der Waals surface area contributed by atoms with Gasteiger partial charge in [0.25, 0.3) is 0 Å². The molecule has 0 bridgehead atoms. The first kappa shape index (κ1) is 16.3. The van der Waals surface area contributed by atoms with Gasteiger partial charge in [0.15, 0.2) is 12.2 Å². The summed E-state index contributed by atoms with van der Waals surface area (Å²) in [5.74, 6) is 0. The van der Waals surface area contributed by atoms with Crippen LogP contribution in [0.4, 0.5) is 9.59 Å². The highest BCUT2D eigenvalue weighted by Crippen LogP contribution is 2.30. The third-order valence-corrected chi connectivity index (χ3v) is 3.10. The summed E-state index contributed by atoms with van der Waals surface area (Å²) in [5.41, 5.74) is 0. The molecule has 0 aromatic rings. The molecule has 8 nitrogen and oxygen atoms in total. The second-order valence-electron chi connectivity index (χ2n) is 4.61. The maximum absolute atomic E-state index is 11.4. The standard InChI is InChI=1S/C14H18O8/c1-3-5-17-13(15)21-9-7-19-12-10(8-20-11(9)12)22-14(16)18-6-4-2/h3-4,9-12H,1-2,5-8H2/t9-,10-,11+,12+/m0/s1. The van der Waals surface area contributed by atoms with Crippen LogP contribution < -0.4 is 0 Å². The lowest BCUT2D eigenvalue weighted by atomic mass is 10.1. The molecular formula is C14H18O8. The lowest BCUT2D eigenvalue weighted by molar-refractivity contribution is -0.0394. The molecule has 0 aromatic carbocycles. The third kappa shape index (κ3) is 3.99. The Labute approximate surface area is 127 Å². The van der Waals surface area contributed by atoms with Gasteiger partial charge in [0.1, 0.15) is 25.4 Å². The fraction of sp³-hybridized carbons (Fsp3) is 0.571. The molecule has 0 N–H and O–H groups in total. The average molecular weight is 314 g/mol. The van der Waals surface area contributed by atoms with Crippen LogP contribution in [0.5, 0.6) is 0 Å². The maximum Gasteiger partial charge on any atom is 0.509 e. The quantitative estimate of drug-likeness (QED) is 0.533. The van der Waals surface area contributed by atoms with Crippen LogP contribution in [0.3, 0.4) is 0 Å². The second-order valence-corrected chi connectivity index (χ2v) is 4.61. The zero-order valence-corrected chi connectivity index (χ0v) is 12.0. The summed E-state index contributed by atoms with van der Waals surface area (Å²) in [6.45, 7) is 7.25. The van der Waals surface area contributed by atoms with Gasteiger partial charge in [-0.2, -0.15) is 0 Å². The van der Waals surface area contributed by atoms with Crippen molar-refractivity contribution in [2.45, 2.75) is 24.4 Å². The summed E-state index contributed by atoms with van der Waals surface area (Å²) < 4.78 is 30.6. The minimum absolute atomic E-state index is 0.0578. The number of hydrogen-bond donors (Lipinski definition) is 0. The van der Waals surface area contributed by atoms with E-state index in [1.165, 1.54) is 12.2 Å². The number of ether oxygens (including phenoxy) is 6. The monoisotopic (exact) mass is 314 g/mol. The zero-order valence-electron chi connectivity index (χ0n) is 12.0. The van der Waals surface area contributed by atoms with E-state index in [9.17, 15) is 9.59 Å². The lowest BCUT2D eigenvalue weighted by Gasteiger charge is -2.16. The smallest absolute Gasteiger partial charge is 0.430 e. The van der Waals surface area contributed by atoms with Crippen molar-refractivity contribution < 1.29 is 38.0 Å². The van der Waals surface area contributed by atoms with Crippen molar-refractivity contribution in [1.29, 1.82) is 0 Å². The van der Waals surface area contributed by atoms with Crippen LogP contribution in [-0.2, 0) is 28.4 Å². The normalized spacial score (nSPS) is 29.3. The van der Waals surface area contributed by atoms with Gasteiger partial charge in [-0.05, 0) is 0 Å². The Kier molecular flexibility index (Phi) is 5.79. The van der Waals surface area contributed by atoms with E-state index >= 15 is 0 Å². The van der Waals surface area contributed by atoms with Crippen LogP contribution in [0.15, 0.2) is 25.3 Å². The molecule has 122 valence electrons. The molecule has 2 rings (SSSR count). The van der Waals surface area contributed by atoms with Crippen LogP contribution in [0.1, 0.15) is 0 Å². The van der Waals surface area contributed by atoms with Crippen LogP contribution in [0.2, 0.25) is 0 Å². The molecule has 0 spiro atoms. The van der Waals surface area contributed by atoms with E-state index in [0.717, 1.165) is 0 Å². The third-order valence-electron chi connectivity index (χ3n) is 3.10. The van der Waals surface area contributed by atoms with Gasteiger partial charge >= 0.3 is 12.3 Å². The van der Waals surface area contributed by atoms with Gasteiger partial charge in [-0.15, -0.1) is 0 Å². The van der Waals surface area contributed by atoms with Gasteiger partial charge in [0.05, 0.1) is 13.2 Å². The number of hydrogen-bond acceptors (Lipinski definition) is 8. The molecule has 2 heterocycles. The first-order chi connectivity index (χ1) is 10.7. The van der Waals surface area contributed by atoms with E-state index in [-0.39, 0.29) is 26.4 Å². The predicted molar refractivity (Wildman–Crippen MR) is 72.3 cm³/mol. The van der Waals surface area contributed by atoms with Gasteiger partial charge < -0.3 is 28.4 Å². The predicted octanol–water partition coefficient (Wildman–Crippen LogP) is 1.20. The van der Waals surface area contributed by atoms with E-state index in [1.807, 2.05) is 0 Å². The Balaban J connectivity index is 1.80. The molecule has 0 amide bonds. The Morgan fingerprint density at radius 1 is 0.909 bits per heavy atom. The van der Waals surface area contributed by atoms with Crippen molar-refractivity contribution in [1.82, 2.24) is 0 Å². The second kappa shape index (κ2) is 7.81. The molecule has 2 fully saturated rings. The molecule has 4 atom stereocenters. The summed E-state index contributed by atoms with van der Waals surface area (Å²) in [4.78, 5) is 22.8. The van der Waals surface area contributed by atoms with Crippen molar-refractivity contribution in [3.05, 3.63) is 25.3 Å². The lowest BCUT2D eigenvalue weighted by Crippen LogP contribution is -2.36.